The van der Waals surface area contributed by atoms with Gasteiger partial charge in [0.1, 0.15) is 23.3 Å². The maximum absolute atomic E-state index is 10.4. The van der Waals surface area contributed by atoms with Crippen LogP contribution in [0.2, 0.25) is 0 Å². The minimum absolute atomic E-state index is 0.166. The summed E-state index contributed by atoms with van der Waals surface area (Å²) in [5.74, 6) is 0. The largest absolute Gasteiger partial charge is 0.394 e. The number of H-pyrrole nitrogens is 1. The van der Waals surface area contributed by atoms with Crippen LogP contribution in [-0.4, -0.2) is 49.3 Å². The van der Waals surface area contributed by atoms with Gasteiger partial charge in [0.25, 0.3) is 0 Å². The van der Waals surface area contributed by atoms with Crippen molar-refractivity contribution in [3.63, 3.8) is 0 Å². The average Bonchev–Trinajstić information content (AvgIpc) is 2.97. The third kappa shape index (κ3) is 1.71. The first-order valence-corrected chi connectivity index (χ1v) is 6.36. The maximum atomic E-state index is 10.4. The maximum Gasteiger partial charge on any atom is 0.167 e. The highest BCUT2D eigenvalue weighted by atomic mass is 16.6. The van der Waals surface area contributed by atoms with Gasteiger partial charge in [-0.25, -0.2) is 0 Å². The molecule has 3 rings (SSSR count). The number of ether oxygens (including phenoxy) is 1. The summed E-state index contributed by atoms with van der Waals surface area (Å²) in [5.41, 5.74) is -0.611. The molecule has 1 aliphatic heterocycles. The summed E-state index contributed by atoms with van der Waals surface area (Å²) in [6.07, 6.45) is 0.329. The van der Waals surface area contributed by atoms with Crippen LogP contribution in [0, 0.1) is 5.41 Å². The number of aromatic amines is 1. The Morgan fingerprint density at radius 1 is 1.50 bits per heavy atom. The van der Waals surface area contributed by atoms with E-state index in [0.717, 1.165) is 5.52 Å². The first kappa shape index (κ1) is 13.3. The van der Waals surface area contributed by atoms with Crippen LogP contribution >= 0.6 is 0 Å². The van der Waals surface area contributed by atoms with E-state index >= 15 is 0 Å². The molecule has 108 valence electrons. The fourth-order valence-electron chi connectivity index (χ4n) is 2.68. The molecule has 1 aliphatic rings. The first-order chi connectivity index (χ1) is 9.46. The van der Waals surface area contributed by atoms with Gasteiger partial charge in [-0.15, -0.1) is 0 Å². The Morgan fingerprint density at radius 2 is 2.25 bits per heavy atom. The van der Waals surface area contributed by atoms with Crippen molar-refractivity contribution >= 4 is 10.9 Å². The number of aromatic nitrogens is 2. The van der Waals surface area contributed by atoms with Crippen LogP contribution in [0.25, 0.3) is 10.9 Å². The molecule has 20 heavy (non-hydrogen) atoms. The fraction of sp³-hybridized carbons (Fsp3) is 0.462. The highest BCUT2D eigenvalue weighted by molar-refractivity contribution is 5.77. The Bertz CT molecular complexity index is 690. The summed E-state index contributed by atoms with van der Waals surface area (Å²) in [6.45, 7) is 1.04. The minimum atomic E-state index is -1.59. The van der Waals surface area contributed by atoms with Gasteiger partial charge in [-0.1, -0.05) is 0 Å². The first-order valence-electron chi connectivity index (χ1n) is 6.36. The molecule has 0 bridgehead atoms. The lowest BCUT2D eigenvalue weighted by Crippen LogP contribution is -2.45. The molecule has 2 aromatic rings. The number of pyridine rings is 1. The van der Waals surface area contributed by atoms with Gasteiger partial charge in [0.05, 0.1) is 12.1 Å². The molecule has 0 radical (unpaired) electrons. The quantitative estimate of drug-likeness (QED) is 0.507. The Balaban J connectivity index is 2.11. The summed E-state index contributed by atoms with van der Waals surface area (Å²) in [6, 6.07) is 3.53. The van der Waals surface area contributed by atoms with Gasteiger partial charge in [0.15, 0.2) is 6.23 Å². The van der Waals surface area contributed by atoms with E-state index in [1.54, 1.807) is 24.5 Å². The number of fused-ring (bicyclic) bond motifs is 1. The summed E-state index contributed by atoms with van der Waals surface area (Å²) < 4.78 is 6.97. The van der Waals surface area contributed by atoms with Gasteiger partial charge >= 0.3 is 0 Å². The topological polar surface area (TPSA) is 114 Å². The zero-order valence-corrected chi connectivity index (χ0v) is 10.9. The lowest BCUT2D eigenvalue weighted by atomic mass is 9.96. The van der Waals surface area contributed by atoms with E-state index in [-0.39, 0.29) is 5.49 Å². The number of hydrogen-bond donors (Lipinski definition) is 5. The van der Waals surface area contributed by atoms with Gasteiger partial charge in [-0.05, 0) is 19.1 Å². The molecular weight excluding hydrogens is 262 g/mol. The Kier molecular flexibility index (Phi) is 2.94. The van der Waals surface area contributed by atoms with Crippen molar-refractivity contribution in [2.75, 3.05) is 6.61 Å². The van der Waals surface area contributed by atoms with E-state index in [4.69, 9.17) is 10.1 Å². The number of nitrogens with one attached hydrogen (secondary N) is 2. The van der Waals surface area contributed by atoms with E-state index in [0.29, 0.717) is 5.39 Å². The van der Waals surface area contributed by atoms with Crippen molar-refractivity contribution in [2.45, 2.75) is 31.0 Å². The minimum Gasteiger partial charge on any atom is -0.394 e. The van der Waals surface area contributed by atoms with Gasteiger partial charge in [-0.3, -0.25) is 5.41 Å². The molecule has 0 amide bonds. The van der Waals surface area contributed by atoms with E-state index in [2.05, 4.69) is 4.98 Å². The van der Waals surface area contributed by atoms with Crippen LogP contribution in [0.5, 0.6) is 0 Å². The van der Waals surface area contributed by atoms with Crippen molar-refractivity contribution in [1.82, 2.24) is 9.55 Å². The smallest absolute Gasteiger partial charge is 0.167 e. The second-order valence-electron chi connectivity index (χ2n) is 5.26. The summed E-state index contributed by atoms with van der Waals surface area (Å²) in [7, 11) is 0. The van der Waals surface area contributed by atoms with Crippen molar-refractivity contribution in [1.29, 1.82) is 5.41 Å². The third-order valence-corrected chi connectivity index (χ3v) is 3.88. The zero-order chi connectivity index (χ0) is 14.5. The number of aliphatic hydroxyl groups excluding tert-OH is 2. The van der Waals surface area contributed by atoms with Crippen LogP contribution in [0.1, 0.15) is 13.2 Å². The lowest BCUT2D eigenvalue weighted by Gasteiger charge is -2.28. The van der Waals surface area contributed by atoms with Gasteiger partial charge < -0.3 is 29.6 Å². The van der Waals surface area contributed by atoms with Gasteiger partial charge in [0.2, 0.25) is 0 Å². The Hall–Kier alpha value is -1.67. The van der Waals surface area contributed by atoms with Crippen molar-refractivity contribution in [3.8, 4) is 0 Å². The SMILES string of the molecule is C[C@]1(O)C(n2ccc3[nH]ccc3c2=N)O[C@H](CO)[C@H]1O. The van der Waals surface area contributed by atoms with Crippen LogP contribution in [0.3, 0.4) is 0 Å². The molecule has 2 aromatic heterocycles. The van der Waals surface area contributed by atoms with E-state index in [1.165, 1.54) is 11.5 Å². The molecule has 1 unspecified atom stereocenters. The second-order valence-corrected chi connectivity index (χ2v) is 5.26. The highest BCUT2D eigenvalue weighted by Crippen LogP contribution is 2.37. The van der Waals surface area contributed by atoms with Crippen LogP contribution in [0.15, 0.2) is 24.5 Å². The van der Waals surface area contributed by atoms with Crippen molar-refractivity contribution < 1.29 is 20.1 Å². The summed E-state index contributed by atoms with van der Waals surface area (Å²) >= 11 is 0. The van der Waals surface area contributed by atoms with Gasteiger partial charge in [-0.2, -0.15) is 0 Å². The standard InChI is InChI=1S/C13H17N3O4/c1-13(19)10(18)9(6-17)20-12(13)16-5-3-8-7(11(16)14)2-4-15-8/h2-5,9-10,12,14-15,17-19H,6H2,1H3/t9-,10-,12?,13-/m1/s1. The van der Waals surface area contributed by atoms with Crippen molar-refractivity contribution in [3.05, 3.63) is 30.0 Å². The predicted octanol–water partition coefficient (Wildman–Crippen LogP) is -0.550. The molecule has 7 heteroatoms. The Labute approximate surface area is 114 Å². The molecule has 0 spiro atoms. The molecule has 3 heterocycles. The molecule has 1 saturated heterocycles. The molecule has 0 aromatic carbocycles. The highest BCUT2D eigenvalue weighted by Gasteiger charge is 2.52. The summed E-state index contributed by atoms with van der Waals surface area (Å²) in [4.78, 5) is 3.00. The normalized spacial score (nSPS) is 33.9. The predicted molar refractivity (Wildman–Crippen MR) is 69.8 cm³/mol. The fourth-order valence-corrected chi connectivity index (χ4v) is 2.68. The monoisotopic (exact) mass is 279 g/mol. The Morgan fingerprint density at radius 3 is 2.90 bits per heavy atom. The molecule has 0 aliphatic carbocycles. The summed E-state index contributed by atoms with van der Waals surface area (Å²) in [5, 5.41) is 38.5. The second kappa shape index (κ2) is 4.42. The lowest BCUT2D eigenvalue weighted by molar-refractivity contribution is -0.0984. The van der Waals surface area contributed by atoms with Crippen molar-refractivity contribution in [2.24, 2.45) is 0 Å². The van der Waals surface area contributed by atoms with E-state index in [1.807, 2.05) is 0 Å². The van der Waals surface area contributed by atoms with Crippen LogP contribution in [-0.2, 0) is 4.74 Å². The van der Waals surface area contributed by atoms with E-state index < -0.39 is 30.6 Å². The number of hydrogen-bond acceptors (Lipinski definition) is 5. The van der Waals surface area contributed by atoms with Gasteiger partial charge in [0, 0.05) is 17.8 Å². The van der Waals surface area contributed by atoms with Crippen LogP contribution < -0.4 is 5.49 Å². The zero-order valence-electron chi connectivity index (χ0n) is 10.9. The number of aliphatic hydroxyl groups is 3. The third-order valence-electron chi connectivity index (χ3n) is 3.88. The molecule has 4 atom stereocenters. The molecule has 5 N–H and O–H groups in total. The number of nitrogens with zero attached hydrogens (tertiary/aromatic N) is 1. The van der Waals surface area contributed by atoms with Crippen LogP contribution in [0.4, 0.5) is 0 Å². The van der Waals surface area contributed by atoms with E-state index in [9.17, 15) is 15.3 Å². The molecule has 7 nitrogen and oxygen atoms in total. The number of rotatable bonds is 2. The molecular formula is C13H17N3O4. The molecule has 0 saturated carbocycles. The molecule has 1 fully saturated rings. The average molecular weight is 279 g/mol.